The smallest absolute Gasteiger partial charge is 0.407 e. The number of nitrogens with zero attached hydrogens (tertiary/aromatic N) is 2. The van der Waals surface area contributed by atoms with Crippen LogP contribution in [0.3, 0.4) is 0 Å². The summed E-state index contributed by atoms with van der Waals surface area (Å²) >= 11 is 6.09. The van der Waals surface area contributed by atoms with Crippen LogP contribution in [0.1, 0.15) is 71.4 Å². The van der Waals surface area contributed by atoms with E-state index in [4.69, 9.17) is 21.1 Å². The summed E-state index contributed by atoms with van der Waals surface area (Å²) in [5.41, 5.74) is 0.402. The standard InChI is InChI=1S/C29H45ClN4O5/c1-5-38-27(36)23-8-6-7-9-25(23)33-16-18-34(19-17-33)26(35)20-24(21-10-12-22(30)13-11-21)31-14-15-32-28(37)39-29(2,3)4/h10-13,23-25,31H,5-9,14-20H2,1-4H3,(H,32,37). The Morgan fingerprint density at radius 1 is 1.03 bits per heavy atom. The van der Waals surface area contributed by atoms with Gasteiger partial charge in [-0.3, -0.25) is 14.5 Å². The first-order chi connectivity index (χ1) is 18.6. The van der Waals surface area contributed by atoms with E-state index in [9.17, 15) is 14.4 Å². The molecule has 3 atom stereocenters. The molecule has 3 unspecified atom stereocenters. The maximum absolute atomic E-state index is 13.4. The van der Waals surface area contributed by atoms with Crippen LogP contribution in [0.2, 0.25) is 5.02 Å². The van der Waals surface area contributed by atoms with Gasteiger partial charge in [-0.05, 0) is 58.2 Å². The maximum Gasteiger partial charge on any atom is 0.407 e. The van der Waals surface area contributed by atoms with Gasteiger partial charge in [-0.15, -0.1) is 0 Å². The Labute approximate surface area is 237 Å². The van der Waals surface area contributed by atoms with Crippen LogP contribution in [0.25, 0.3) is 0 Å². The number of esters is 1. The molecule has 0 bridgehead atoms. The fourth-order valence-corrected chi connectivity index (χ4v) is 5.53. The van der Waals surface area contributed by atoms with Crippen molar-refractivity contribution >= 4 is 29.6 Å². The van der Waals surface area contributed by atoms with Crippen molar-refractivity contribution in [2.45, 2.75) is 77.5 Å². The van der Waals surface area contributed by atoms with Gasteiger partial charge < -0.3 is 25.0 Å². The van der Waals surface area contributed by atoms with E-state index >= 15 is 0 Å². The van der Waals surface area contributed by atoms with Crippen molar-refractivity contribution in [3.8, 4) is 0 Å². The average Bonchev–Trinajstić information content (AvgIpc) is 2.90. The minimum atomic E-state index is -0.559. The van der Waals surface area contributed by atoms with Gasteiger partial charge in [0.1, 0.15) is 5.60 Å². The first-order valence-corrected chi connectivity index (χ1v) is 14.6. The summed E-state index contributed by atoms with van der Waals surface area (Å²) in [5, 5.41) is 6.79. The van der Waals surface area contributed by atoms with Gasteiger partial charge in [-0.2, -0.15) is 0 Å². The summed E-state index contributed by atoms with van der Waals surface area (Å²) in [5.74, 6) is -0.0831. The molecule has 1 heterocycles. The van der Waals surface area contributed by atoms with Crippen molar-refractivity contribution < 1.29 is 23.9 Å². The highest BCUT2D eigenvalue weighted by Gasteiger charge is 2.37. The van der Waals surface area contributed by atoms with Crippen molar-refractivity contribution in [1.82, 2.24) is 20.4 Å². The van der Waals surface area contributed by atoms with Gasteiger partial charge >= 0.3 is 12.1 Å². The van der Waals surface area contributed by atoms with Gasteiger partial charge in [0, 0.05) is 62.8 Å². The minimum Gasteiger partial charge on any atom is -0.466 e. The highest BCUT2D eigenvalue weighted by molar-refractivity contribution is 6.30. The largest absolute Gasteiger partial charge is 0.466 e. The lowest BCUT2D eigenvalue weighted by Gasteiger charge is -2.43. The predicted molar refractivity (Wildman–Crippen MR) is 152 cm³/mol. The quantitative estimate of drug-likeness (QED) is 0.325. The van der Waals surface area contributed by atoms with Gasteiger partial charge in [0.15, 0.2) is 0 Å². The Bertz CT molecular complexity index is 944. The average molecular weight is 565 g/mol. The van der Waals surface area contributed by atoms with E-state index in [0.29, 0.717) is 44.2 Å². The number of alkyl carbamates (subject to hydrolysis) is 1. The second kappa shape index (κ2) is 14.9. The molecule has 218 valence electrons. The van der Waals surface area contributed by atoms with Gasteiger partial charge in [0.25, 0.3) is 0 Å². The highest BCUT2D eigenvalue weighted by atomic mass is 35.5. The highest BCUT2D eigenvalue weighted by Crippen LogP contribution is 2.30. The Hall–Kier alpha value is -2.36. The van der Waals surface area contributed by atoms with Crippen molar-refractivity contribution in [3.63, 3.8) is 0 Å². The molecule has 1 aliphatic carbocycles. The molecule has 0 aromatic heterocycles. The zero-order valence-electron chi connectivity index (χ0n) is 23.8. The monoisotopic (exact) mass is 564 g/mol. The molecule has 1 aromatic rings. The van der Waals surface area contributed by atoms with Crippen molar-refractivity contribution in [3.05, 3.63) is 34.9 Å². The van der Waals surface area contributed by atoms with E-state index in [2.05, 4.69) is 15.5 Å². The lowest BCUT2D eigenvalue weighted by molar-refractivity contribution is -0.153. The Balaban J connectivity index is 1.54. The molecule has 10 heteroatoms. The molecule has 0 radical (unpaired) electrons. The van der Waals surface area contributed by atoms with Crippen molar-refractivity contribution in [2.24, 2.45) is 5.92 Å². The molecule has 2 N–H and O–H groups in total. The lowest BCUT2D eigenvalue weighted by atomic mass is 9.83. The van der Waals surface area contributed by atoms with Crippen LogP contribution in [-0.4, -0.2) is 85.3 Å². The number of rotatable bonds is 10. The molecule has 1 saturated carbocycles. The van der Waals surface area contributed by atoms with E-state index in [1.54, 1.807) is 0 Å². The Morgan fingerprint density at radius 3 is 2.33 bits per heavy atom. The molecule has 39 heavy (non-hydrogen) atoms. The third-order valence-electron chi connectivity index (χ3n) is 7.29. The summed E-state index contributed by atoms with van der Waals surface area (Å²) in [6.45, 7) is 11.3. The Kier molecular flexibility index (Phi) is 11.9. The van der Waals surface area contributed by atoms with E-state index in [1.165, 1.54) is 0 Å². The number of carbonyl (C=O) groups is 3. The normalized spacial score (nSPS) is 21.2. The number of piperazine rings is 1. The molecule has 3 rings (SSSR count). The number of benzene rings is 1. The molecule has 1 aromatic carbocycles. The first kappa shape index (κ1) is 31.2. The molecule has 1 saturated heterocycles. The molecular weight excluding hydrogens is 520 g/mol. The van der Waals surface area contributed by atoms with E-state index in [-0.39, 0.29) is 29.9 Å². The van der Waals surface area contributed by atoms with Crippen LogP contribution in [0.4, 0.5) is 4.79 Å². The number of ether oxygens (including phenoxy) is 2. The fraction of sp³-hybridized carbons (Fsp3) is 0.690. The number of nitrogens with one attached hydrogen (secondary N) is 2. The Morgan fingerprint density at radius 2 is 1.69 bits per heavy atom. The number of amides is 2. The topological polar surface area (TPSA) is 100 Å². The second-order valence-corrected chi connectivity index (χ2v) is 11.8. The summed E-state index contributed by atoms with van der Waals surface area (Å²) < 4.78 is 10.6. The zero-order chi connectivity index (χ0) is 28.4. The van der Waals surface area contributed by atoms with Gasteiger partial charge in [-0.25, -0.2) is 4.79 Å². The number of halogens is 1. The van der Waals surface area contributed by atoms with Crippen molar-refractivity contribution in [2.75, 3.05) is 45.9 Å². The van der Waals surface area contributed by atoms with Crippen LogP contribution in [0.15, 0.2) is 24.3 Å². The zero-order valence-corrected chi connectivity index (χ0v) is 24.6. The molecule has 2 amide bonds. The van der Waals surface area contributed by atoms with Gasteiger partial charge in [0.05, 0.1) is 12.5 Å². The fourth-order valence-electron chi connectivity index (χ4n) is 5.41. The van der Waals surface area contributed by atoms with Crippen LogP contribution in [-0.2, 0) is 19.1 Å². The summed E-state index contributed by atoms with van der Waals surface area (Å²) in [7, 11) is 0. The summed E-state index contributed by atoms with van der Waals surface area (Å²) in [6, 6.07) is 7.45. The summed E-state index contributed by atoms with van der Waals surface area (Å²) in [6.07, 6.45) is 3.88. The van der Waals surface area contributed by atoms with Crippen LogP contribution in [0, 0.1) is 5.92 Å². The van der Waals surface area contributed by atoms with Gasteiger partial charge in [-0.1, -0.05) is 36.6 Å². The lowest BCUT2D eigenvalue weighted by Crippen LogP contribution is -2.55. The SMILES string of the molecule is CCOC(=O)C1CCCCC1N1CCN(C(=O)CC(NCCNC(=O)OC(C)(C)C)c2ccc(Cl)cc2)CC1. The van der Waals surface area contributed by atoms with E-state index in [0.717, 1.165) is 44.3 Å². The minimum absolute atomic E-state index is 0.0753. The predicted octanol–water partition coefficient (Wildman–Crippen LogP) is 4.15. The van der Waals surface area contributed by atoms with Crippen LogP contribution < -0.4 is 10.6 Å². The molecule has 2 fully saturated rings. The van der Waals surface area contributed by atoms with E-state index in [1.807, 2.05) is 56.9 Å². The third kappa shape index (κ3) is 9.96. The second-order valence-electron chi connectivity index (χ2n) is 11.3. The first-order valence-electron chi connectivity index (χ1n) is 14.2. The number of hydrogen-bond acceptors (Lipinski definition) is 7. The number of hydrogen-bond donors (Lipinski definition) is 2. The summed E-state index contributed by atoms with van der Waals surface area (Å²) in [4.78, 5) is 42.2. The van der Waals surface area contributed by atoms with Crippen molar-refractivity contribution in [1.29, 1.82) is 0 Å². The third-order valence-corrected chi connectivity index (χ3v) is 7.54. The molecular formula is C29H45ClN4O5. The van der Waals surface area contributed by atoms with E-state index < -0.39 is 11.7 Å². The maximum atomic E-state index is 13.4. The molecule has 0 spiro atoms. The number of carbonyl (C=O) groups excluding carboxylic acids is 3. The van der Waals surface area contributed by atoms with Gasteiger partial charge in [0.2, 0.25) is 5.91 Å². The molecule has 1 aliphatic heterocycles. The van der Waals surface area contributed by atoms with Crippen LogP contribution in [0.5, 0.6) is 0 Å². The molecule has 2 aliphatic rings. The van der Waals surface area contributed by atoms with Crippen LogP contribution >= 0.6 is 11.6 Å². The molecule has 9 nitrogen and oxygen atoms in total.